The second kappa shape index (κ2) is 5.81. The topological polar surface area (TPSA) is 102 Å². The van der Waals surface area contributed by atoms with E-state index in [0.717, 1.165) is 0 Å². The summed E-state index contributed by atoms with van der Waals surface area (Å²) in [6.07, 6.45) is 0. The largest absolute Gasteiger partial charge is 0.481 e. The minimum atomic E-state index is -0.976. The van der Waals surface area contributed by atoms with Gasteiger partial charge in [0.2, 0.25) is 5.91 Å². The van der Waals surface area contributed by atoms with Crippen molar-refractivity contribution in [3.63, 3.8) is 0 Å². The average Bonchev–Trinajstić information content (AvgIpc) is 2.87. The van der Waals surface area contributed by atoms with Crippen LogP contribution in [-0.2, 0) is 14.3 Å². The van der Waals surface area contributed by atoms with Crippen LogP contribution in [0, 0.1) is 5.92 Å². The van der Waals surface area contributed by atoms with Gasteiger partial charge in [0.1, 0.15) is 12.0 Å². The molecule has 0 radical (unpaired) electrons. The van der Waals surface area contributed by atoms with Gasteiger partial charge in [0.25, 0.3) is 0 Å². The van der Waals surface area contributed by atoms with Crippen molar-refractivity contribution in [1.29, 1.82) is 0 Å². The zero-order chi connectivity index (χ0) is 13.8. The Hall–Kier alpha value is -1.92. The van der Waals surface area contributed by atoms with Gasteiger partial charge in [0.15, 0.2) is 0 Å². The van der Waals surface area contributed by atoms with Gasteiger partial charge in [-0.15, -0.1) is 0 Å². The Balaban J connectivity index is 1.99. The van der Waals surface area contributed by atoms with Crippen molar-refractivity contribution in [3.05, 3.63) is 35.9 Å². The number of carboxylic acid groups (broad SMARTS) is 1. The summed E-state index contributed by atoms with van der Waals surface area (Å²) in [5.41, 5.74) is 6.52. The number of hydrogen-bond acceptors (Lipinski definition) is 4. The van der Waals surface area contributed by atoms with E-state index in [0.29, 0.717) is 5.56 Å². The molecule has 19 heavy (non-hydrogen) atoms. The highest BCUT2D eigenvalue weighted by molar-refractivity contribution is 5.84. The number of nitrogens with one attached hydrogen (secondary N) is 1. The molecule has 6 nitrogen and oxygen atoms in total. The Bertz CT molecular complexity index is 463. The fourth-order valence-electron chi connectivity index (χ4n) is 2.02. The van der Waals surface area contributed by atoms with Gasteiger partial charge in [-0.05, 0) is 5.56 Å². The van der Waals surface area contributed by atoms with Crippen LogP contribution in [0.15, 0.2) is 30.3 Å². The number of carbonyl (C=O) groups is 2. The number of nitrogens with two attached hydrogens (primary N) is 1. The Morgan fingerprint density at radius 1 is 1.32 bits per heavy atom. The van der Waals surface area contributed by atoms with E-state index in [4.69, 9.17) is 15.6 Å². The minimum absolute atomic E-state index is 0.112. The maximum Gasteiger partial charge on any atom is 0.311 e. The van der Waals surface area contributed by atoms with Gasteiger partial charge in [-0.25, -0.2) is 0 Å². The van der Waals surface area contributed by atoms with Crippen molar-refractivity contribution in [2.24, 2.45) is 11.7 Å². The van der Waals surface area contributed by atoms with Crippen LogP contribution in [0.2, 0.25) is 0 Å². The first-order valence-electron chi connectivity index (χ1n) is 6.01. The maximum atomic E-state index is 12.0. The first-order chi connectivity index (χ1) is 9.09. The molecule has 3 unspecified atom stereocenters. The molecule has 0 saturated carbocycles. The molecular weight excluding hydrogens is 248 g/mol. The monoisotopic (exact) mass is 264 g/mol. The Morgan fingerprint density at radius 3 is 2.63 bits per heavy atom. The molecule has 0 spiro atoms. The lowest BCUT2D eigenvalue weighted by Gasteiger charge is -2.19. The molecular formula is C13H16N2O4. The third-order valence-corrected chi connectivity index (χ3v) is 3.17. The van der Waals surface area contributed by atoms with E-state index in [9.17, 15) is 9.59 Å². The highest BCUT2D eigenvalue weighted by Crippen LogP contribution is 2.16. The number of benzene rings is 1. The number of rotatable bonds is 4. The van der Waals surface area contributed by atoms with Crippen molar-refractivity contribution < 1.29 is 19.4 Å². The quantitative estimate of drug-likeness (QED) is 0.705. The molecule has 1 aromatic rings. The van der Waals surface area contributed by atoms with Crippen LogP contribution >= 0.6 is 0 Å². The summed E-state index contributed by atoms with van der Waals surface area (Å²) < 4.78 is 5.08. The second-order valence-electron chi connectivity index (χ2n) is 4.49. The van der Waals surface area contributed by atoms with Crippen LogP contribution in [-0.4, -0.2) is 36.2 Å². The fraction of sp³-hybridized carbons (Fsp3) is 0.385. The summed E-state index contributed by atoms with van der Waals surface area (Å²) in [5.74, 6) is -2.09. The van der Waals surface area contributed by atoms with Crippen molar-refractivity contribution in [3.8, 4) is 0 Å². The lowest BCUT2D eigenvalue weighted by molar-refractivity contribution is -0.142. The first kappa shape index (κ1) is 13.5. The lowest BCUT2D eigenvalue weighted by atomic mass is 10.0. The van der Waals surface area contributed by atoms with E-state index in [1.54, 1.807) is 24.3 Å². The van der Waals surface area contributed by atoms with E-state index >= 15 is 0 Å². The molecule has 0 aromatic heterocycles. The minimum Gasteiger partial charge on any atom is -0.481 e. The summed E-state index contributed by atoms with van der Waals surface area (Å²) in [4.78, 5) is 23.0. The average molecular weight is 264 g/mol. The van der Waals surface area contributed by atoms with Gasteiger partial charge in [-0.2, -0.15) is 0 Å². The van der Waals surface area contributed by atoms with Gasteiger partial charge < -0.3 is 20.9 Å². The number of carbonyl (C=O) groups excluding carboxylic acids is 1. The van der Waals surface area contributed by atoms with Crippen LogP contribution in [0.25, 0.3) is 0 Å². The normalized spacial score (nSPS) is 23.8. The standard InChI is InChI=1S/C13H16N2O4/c14-11(8-4-2-1-3-5-8)12(16)15-10-7-19-6-9(10)13(17)18/h1-5,9-11H,6-7,14H2,(H,15,16)(H,17,18). The van der Waals surface area contributed by atoms with Crippen LogP contribution in [0.3, 0.4) is 0 Å². The van der Waals surface area contributed by atoms with Gasteiger partial charge >= 0.3 is 5.97 Å². The Labute approximate surface area is 110 Å². The van der Waals surface area contributed by atoms with Crippen LogP contribution < -0.4 is 11.1 Å². The van der Waals surface area contributed by atoms with E-state index in [1.165, 1.54) is 0 Å². The zero-order valence-electron chi connectivity index (χ0n) is 10.3. The van der Waals surface area contributed by atoms with Crippen molar-refractivity contribution in [2.45, 2.75) is 12.1 Å². The molecule has 0 aliphatic carbocycles. The molecule has 1 aromatic carbocycles. The van der Waals surface area contributed by atoms with Gasteiger partial charge in [0, 0.05) is 0 Å². The van der Waals surface area contributed by atoms with E-state index in [2.05, 4.69) is 5.32 Å². The molecule has 4 N–H and O–H groups in total. The molecule has 1 fully saturated rings. The summed E-state index contributed by atoms with van der Waals surface area (Å²) in [7, 11) is 0. The number of carboxylic acids is 1. The molecule has 1 saturated heterocycles. The number of ether oxygens (including phenoxy) is 1. The predicted molar refractivity (Wildman–Crippen MR) is 67.2 cm³/mol. The predicted octanol–water partition coefficient (Wildman–Crippen LogP) is -0.0978. The summed E-state index contributed by atoms with van der Waals surface area (Å²) in [6.45, 7) is 0.311. The fourth-order valence-corrected chi connectivity index (χ4v) is 2.02. The lowest BCUT2D eigenvalue weighted by Crippen LogP contribution is -2.46. The van der Waals surface area contributed by atoms with Gasteiger partial charge in [0.05, 0.1) is 19.3 Å². The van der Waals surface area contributed by atoms with Crippen LogP contribution in [0.4, 0.5) is 0 Å². The molecule has 1 aliphatic rings. The van der Waals surface area contributed by atoms with Crippen LogP contribution in [0.5, 0.6) is 0 Å². The molecule has 102 valence electrons. The Morgan fingerprint density at radius 2 is 2.00 bits per heavy atom. The van der Waals surface area contributed by atoms with Crippen molar-refractivity contribution in [1.82, 2.24) is 5.32 Å². The van der Waals surface area contributed by atoms with E-state index in [1.807, 2.05) is 6.07 Å². The van der Waals surface area contributed by atoms with Gasteiger partial charge in [-0.1, -0.05) is 30.3 Å². The molecule has 3 atom stereocenters. The first-order valence-corrected chi connectivity index (χ1v) is 6.01. The molecule has 6 heteroatoms. The molecule has 1 aliphatic heterocycles. The summed E-state index contributed by atoms with van der Waals surface area (Å²) in [5, 5.41) is 11.6. The SMILES string of the molecule is NC(C(=O)NC1COCC1C(=O)O)c1ccccc1. The third kappa shape index (κ3) is 3.10. The van der Waals surface area contributed by atoms with Crippen molar-refractivity contribution in [2.75, 3.05) is 13.2 Å². The smallest absolute Gasteiger partial charge is 0.311 e. The highest BCUT2D eigenvalue weighted by Gasteiger charge is 2.35. The molecule has 2 rings (SSSR count). The van der Waals surface area contributed by atoms with Gasteiger partial charge in [-0.3, -0.25) is 9.59 Å². The number of aliphatic carboxylic acids is 1. The molecule has 1 amide bonds. The van der Waals surface area contributed by atoms with Crippen molar-refractivity contribution >= 4 is 11.9 Å². The summed E-state index contributed by atoms with van der Waals surface area (Å²) in [6, 6.07) is 7.59. The number of hydrogen-bond donors (Lipinski definition) is 3. The summed E-state index contributed by atoms with van der Waals surface area (Å²) >= 11 is 0. The van der Waals surface area contributed by atoms with E-state index < -0.39 is 29.9 Å². The third-order valence-electron chi connectivity index (χ3n) is 3.17. The van der Waals surface area contributed by atoms with Crippen LogP contribution in [0.1, 0.15) is 11.6 Å². The zero-order valence-corrected chi connectivity index (χ0v) is 10.3. The molecule has 0 bridgehead atoms. The maximum absolute atomic E-state index is 12.0. The number of amides is 1. The van der Waals surface area contributed by atoms with E-state index in [-0.39, 0.29) is 13.2 Å². The highest BCUT2D eigenvalue weighted by atomic mass is 16.5. The second-order valence-corrected chi connectivity index (χ2v) is 4.49. The molecule has 1 heterocycles. The Kier molecular flexibility index (Phi) is 4.13.